The molecule has 0 saturated heterocycles. The zero-order chi connectivity index (χ0) is 9.42. The fourth-order valence-corrected chi connectivity index (χ4v) is 2.34. The van der Waals surface area contributed by atoms with Gasteiger partial charge in [-0.15, -0.1) is 22.9 Å². The molecular formula is C9H5ClF2S. The third-order valence-electron chi connectivity index (χ3n) is 1.86. The van der Waals surface area contributed by atoms with Crippen molar-refractivity contribution in [1.82, 2.24) is 0 Å². The number of benzene rings is 1. The van der Waals surface area contributed by atoms with Gasteiger partial charge >= 0.3 is 0 Å². The lowest BCUT2D eigenvalue weighted by Gasteiger charge is -1.98. The number of rotatable bonds is 1. The Kier molecular flexibility index (Phi) is 2.22. The second kappa shape index (κ2) is 3.24. The van der Waals surface area contributed by atoms with E-state index >= 15 is 0 Å². The molecular weight excluding hydrogens is 214 g/mol. The highest BCUT2D eigenvalue weighted by Crippen LogP contribution is 2.30. The van der Waals surface area contributed by atoms with E-state index in [1.807, 2.05) is 0 Å². The third kappa shape index (κ3) is 1.32. The van der Waals surface area contributed by atoms with Crippen LogP contribution in [0.25, 0.3) is 10.1 Å². The Balaban J connectivity index is 2.88. The Morgan fingerprint density at radius 2 is 2.00 bits per heavy atom. The number of fused-ring (bicyclic) bond motifs is 1. The van der Waals surface area contributed by atoms with E-state index in [9.17, 15) is 8.78 Å². The van der Waals surface area contributed by atoms with Crippen LogP contribution in [-0.4, -0.2) is 0 Å². The Bertz CT molecular complexity index is 450. The van der Waals surface area contributed by atoms with Crippen LogP contribution in [0.2, 0.25) is 0 Å². The molecule has 2 rings (SSSR count). The summed E-state index contributed by atoms with van der Waals surface area (Å²) in [7, 11) is 0. The molecule has 0 unspecified atom stereocenters. The lowest BCUT2D eigenvalue weighted by atomic mass is 10.1. The largest absolute Gasteiger partial charge is 0.205 e. The molecule has 0 N–H and O–H groups in total. The molecule has 1 aromatic heterocycles. The minimum atomic E-state index is -0.393. The third-order valence-corrected chi connectivity index (χ3v) is 3.11. The van der Waals surface area contributed by atoms with Gasteiger partial charge in [-0.25, -0.2) is 8.78 Å². The number of alkyl halides is 1. The SMILES string of the molecule is Fc1ccc(CCl)c2c(F)csc12. The van der Waals surface area contributed by atoms with Crippen molar-refractivity contribution in [2.24, 2.45) is 0 Å². The van der Waals surface area contributed by atoms with Gasteiger partial charge in [0, 0.05) is 16.6 Å². The quantitative estimate of drug-likeness (QED) is 0.637. The monoisotopic (exact) mass is 218 g/mol. The van der Waals surface area contributed by atoms with Crippen molar-refractivity contribution in [3.63, 3.8) is 0 Å². The lowest BCUT2D eigenvalue weighted by molar-refractivity contribution is 0.634. The minimum Gasteiger partial charge on any atom is -0.205 e. The predicted octanol–water partition coefficient (Wildman–Crippen LogP) is 3.92. The summed E-state index contributed by atoms with van der Waals surface area (Å²) >= 11 is 6.66. The molecule has 0 fully saturated rings. The van der Waals surface area contributed by atoms with Crippen LogP contribution in [0, 0.1) is 11.6 Å². The van der Waals surface area contributed by atoms with Crippen LogP contribution in [-0.2, 0) is 5.88 Å². The van der Waals surface area contributed by atoms with Crippen molar-refractivity contribution in [2.75, 3.05) is 0 Å². The van der Waals surface area contributed by atoms with Crippen molar-refractivity contribution in [1.29, 1.82) is 0 Å². The second-order valence-corrected chi connectivity index (χ2v) is 3.77. The molecule has 68 valence electrons. The normalized spacial score (nSPS) is 11.0. The zero-order valence-corrected chi connectivity index (χ0v) is 8.05. The Labute approximate surface area is 82.8 Å². The molecule has 0 spiro atoms. The molecule has 0 aliphatic carbocycles. The summed E-state index contributed by atoms with van der Waals surface area (Å²) in [5.74, 6) is -0.585. The van der Waals surface area contributed by atoms with Crippen molar-refractivity contribution >= 4 is 33.0 Å². The van der Waals surface area contributed by atoms with E-state index in [1.165, 1.54) is 17.5 Å². The van der Waals surface area contributed by atoms with Gasteiger partial charge in [-0.05, 0) is 11.6 Å². The maximum atomic E-state index is 13.2. The van der Waals surface area contributed by atoms with Gasteiger partial charge in [-0.1, -0.05) is 6.07 Å². The van der Waals surface area contributed by atoms with E-state index < -0.39 is 11.6 Å². The first-order valence-electron chi connectivity index (χ1n) is 3.64. The summed E-state index contributed by atoms with van der Waals surface area (Å²) in [6, 6.07) is 2.83. The van der Waals surface area contributed by atoms with Crippen LogP contribution in [0.1, 0.15) is 5.56 Å². The molecule has 0 aliphatic rings. The Morgan fingerprint density at radius 3 is 2.69 bits per heavy atom. The summed E-state index contributed by atoms with van der Waals surface area (Å²) in [5.41, 5.74) is 0.636. The molecule has 0 atom stereocenters. The van der Waals surface area contributed by atoms with Crippen molar-refractivity contribution in [3.8, 4) is 0 Å². The standard InChI is InChI=1S/C9H5ClF2S/c10-3-5-1-2-6(11)9-8(5)7(12)4-13-9/h1-2,4H,3H2. The average molecular weight is 219 g/mol. The predicted molar refractivity (Wildman–Crippen MR) is 51.3 cm³/mol. The van der Waals surface area contributed by atoms with Gasteiger partial charge in [-0.2, -0.15) is 0 Å². The van der Waals surface area contributed by atoms with E-state index in [0.29, 0.717) is 15.6 Å². The lowest BCUT2D eigenvalue weighted by Crippen LogP contribution is -1.83. The fourth-order valence-electron chi connectivity index (χ4n) is 1.26. The topological polar surface area (TPSA) is 0 Å². The first-order valence-corrected chi connectivity index (χ1v) is 5.05. The average Bonchev–Trinajstić information content (AvgIpc) is 2.51. The summed E-state index contributed by atoms with van der Waals surface area (Å²) in [6.45, 7) is 0. The van der Waals surface area contributed by atoms with E-state index in [1.54, 1.807) is 0 Å². The molecule has 1 aromatic carbocycles. The van der Waals surface area contributed by atoms with Crippen LogP contribution in [0.3, 0.4) is 0 Å². The summed E-state index contributed by atoms with van der Waals surface area (Å²) < 4.78 is 26.6. The van der Waals surface area contributed by atoms with E-state index in [0.717, 1.165) is 11.3 Å². The minimum absolute atomic E-state index is 0.199. The first kappa shape index (κ1) is 8.91. The van der Waals surface area contributed by atoms with E-state index in [2.05, 4.69) is 0 Å². The summed E-state index contributed by atoms with van der Waals surface area (Å²) in [5, 5.41) is 1.61. The molecule has 0 aliphatic heterocycles. The molecule has 13 heavy (non-hydrogen) atoms. The number of hydrogen-bond acceptors (Lipinski definition) is 1. The van der Waals surface area contributed by atoms with Gasteiger partial charge in [0.25, 0.3) is 0 Å². The summed E-state index contributed by atoms with van der Waals surface area (Å²) in [4.78, 5) is 0. The molecule has 0 radical (unpaired) electrons. The Hall–Kier alpha value is -0.670. The highest BCUT2D eigenvalue weighted by atomic mass is 35.5. The first-order chi connectivity index (χ1) is 6.24. The van der Waals surface area contributed by atoms with Gasteiger partial charge in [0.1, 0.15) is 11.6 Å². The molecule has 0 bridgehead atoms. The smallest absolute Gasteiger partial charge is 0.142 e. The van der Waals surface area contributed by atoms with Gasteiger partial charge in [0.2, 0.25) is 0 Å². The van der Waals surface area contributed by atoms with Crippen LogP contribution < -0.4 is 0 Å². The highest BCUT2D eigenvalue weighted by Gasteiger charge is 2.11. The van der Waals surface area contributed by atoms with Crippen LogP contribution in [0.15, 0.2) is 17.5 Å². The van der Waals surface area contributed by atoms with Gasteiger partial charge in [0.15, 0.2) is 0 Å². The van der Waals surface area contributed by atoms with Crippen molar-refractivity contribution in [2.45, 2.75) is 5.88 Å². The molecule has 1 heterocycles. The van der Waals surface area contributed by atoms with E-state index in [-0.39, 0.29) is 5.88 Å². The van der Waals surface area contributed by atoms with Gasteiger partial charge in [0.05, 0.1) is 4.70 Å². The summed E-state index contributed by atoms with van der Waals surface area (Å²) in [6.07, 6.45) is 0. The van der Waals surface area contributed by atoms with Crippen LogP contribution >= 0.6 is 22.9 Å². The maximum Gasteiger partial charge on any atom is 0.142 e. The van der Waals surface area contributed by atoms with Crippen LogP contribution in [0.4, 0.5) is 8.78 Å². The van der Waals surface area contributed by atoms with Crippen molar-refractivity contribution in [3.05, 3.63) is 34.7 Å². The molecule has 0 amide bonds. The number of hydrogen-bond donors (Lipinski definition) is 0. The van der Waals surface area contributed by atoms with Crippen molar-refractivity contribution < 1.29 is 8.78 Å². The molecule has 4 heteroatoms. The fraction of sp³-hybridized carbons (Fsp3) is 0.111. The highest BCUT2D eigenvalue weighted by molar-refractivity contribution is 7.17. The number of thiophene rings is 1. The molecule has 0 saturated carbocycles. The zero-order valence-electron chi connectivity index (χ0n) is 6.48. The Morgan fingerprint density at radius 1 is 1.23 bits per heavy atom. The van der Waals surface area contributed by atoms with Crippen LogP contribution in [0.5, 0.6) is 0 Å². The second-order valence-electron chi connectivity index (χ2n) is 2.63. The molecule has 2 aromatic rings. The van der Waals surface area contributed by atoms with E-state index in [4.69, 9.17) is 11.6 Å². The number of halogens is 3. The van der Waals surface area contributed by atoms with Gasteiger partial charge in [-0.3, -0.25) is 0 Å². The molecule has 0 nitrogen and oxygen atoms in total. The maximum absolute atomic E-state index is 13.2. The van der Waals surface area contributed by atoms with Gasteiger partial charge < -0.3 is 0 Å².